The van der Waals surface area contributed by atoms with Crippen LogP contribution in [0.15, 0.2) is 26.2 Å². The lowest BCUT2D eigenvalue weighted by Gasteiger charge is -2.19. The number of ether oxygens (including phenoxy) is 2. The maximum Gasteiger partial charge on any atom is 0.277 e. The van der Waals surface area contributed by atoms with Crippen LogP contribution < -0.4 is 9.47 Å². The molecule has 0 N–H and O–H groups in total. The first kappa shape index (κ1) is 16.9. The molecule has 25 heavy (non-hydrogen) atoms. The van der Waals surface area contributed by atoms with Gasteiger partial charge in [0.15, 0.2) is 11.5 Å². The molecule has 0 bridgehead atoms. The number of benzene rings is 1. The molecule has 3 aromatic rings. The van der Waals surface area contributed by atoms with Crippen molar-refractivity contribution in [2.24, 2.45) is 0 Å². The van der Waals surface area contributed by atoms with Crippen LogP contribution in [0.1, 0.15) is 16.3 Å². The molecule has 6 nitrogen and oxygen atoms in total. The number of nitrogens with zero attached hydrogens (tertiary/aromatic N) is 3. The minimum absolute atomic E-state index is 0.520. The van der Waals surface area contributed by atoms with E-state index >= 15 is 0 Å². The molecule has 1 aliphatic rings. The first-order chi connectivity index (χ1) is 12.1. The van der Waals surface area contributed by atoms with Gasteiger partial charge >= 0.3 is 0 Å². The highest BCUT2D eigenvalue weighted by molar-refractivity contribution is 9.10. The van der Waals surface area contributed by atoms with Crippen molar-refractivity contribution < 1.29 is 13.9 Å². The molecule has 0 atom stereocenters. The molecule has 0 saturated carbocycles. The van der Waals surface area contributed by atoms with Gasteiger partial charge in [0.05, 0.1) is 10.7 Å². The number of aromatic nitrogens is 3. The molecule has 2 aromatic heterocycles. The summed E-state index contributed by atoms with van der Waals surface area (Å²) < 4.78 is 18.0. The van der Waals surface area contributed by atoms with Crippen molar-refractivity contribution in [3.8, 4) is 22.3 Å². The molecule has 0 fully saturated rings. The van der Waals surface area contributed by atoms with Gasteiger partial charge in [-0.2, -0.15) is 0 Å². The third-order valence-corrected chi connectivity index (χ3v) is 6.23. The van der Waals surface area contributed by atoms with E-state index in [1.54, 1.807) is 11.3 Å². The standard InChI is InChI=1S/C16H14BrN3O3S2/c1-8-14(25-9(2)18-8)15-19-20-16(23-15)24-7-10-5-12-13(6-11(10)17)22-4-3-21-12/h5-6H,3-4,7H2,1-2H3. The van der Waals surface area contributed by atoms with Gasteiger partial charge in [0, 0.05) is 10.2 Å². The number of rotatable bonds is 4. The fraction of sp³-hybridized carbons (Fsp3) is 0.312. The summed E-state index contributed by atoms with van der Waals surface area (Å²) in [5.41, 5.74) is 2.00. The molecule has 0 amide bonds. The molecule has 0 unspecified atom stereocenters. The number of hydrogen-bond donors (Lipinski definition) is 0. The fourth-order valence-corrected chi connectivity index (χ4v) is 4.69. The average molecular weight is 440 g/mol. The van der Waals surface area contributed by atoms with Crippen LogP contribution in [0.3, 0.4) is 0 Å². The largest absolute Gasteiger partial charge is 0.486 e. The van der Waals surface area contributed by atoms with Crippen LogP contribution >= 0.6 is 39.0 Å². The zero-order chi connectivity index (χ0) is 17.4. The topological polar surface area (TPSA) is 70.3 Å². The number of aryl methyl sites for hydroxylation is 2. The molecular formula is C16H14BrN3O3S2. The molecule has 0 aliphatic carbocycles. The third kappa shape index (κ3) is 3.54. The Balaban J connectivity index is 1.50. The van der Waals surface area contributed by atoms with E-state index in [1.807, 2.05) is 26.0 Å². The monoisotopic (exact) mass is 439 g/mol. The number of hydrogen-bond acceptors (Lipinski definition) is 8. The lowest BCUT2D eigenvalue weighted by molar-refractivity contribution is 0.171. The number of fused-ring (bicyclic) bond motifs is 1. The highest BCUT2D eigenvalue weighted by Crippen LogP contribution is 2.38. The van der Waals surface area contributed by atoms with Crippen molar-refractivity contribution in [1.82, 2.24) is 15.2 Å². The summed E-state index contributed by atoms with van der Waals surface area (Å²) in [6.45, 7) is 5.06. The summed E-state index contributed by atoms with van der Waals surface area (Å²) in [7, 11) is 0. The van der Waals surface area contributed by atoms with Gasteiger partial charge in [-0.3, -0.25) is 0 Å². The second-order valence-corrected chi connectivity index (χ2v) is 8.38. The third-order valence-electron chi connectivity index (χ3n) is 3.57. The quantitative estimate of drug-likeness (QED) is 0.548. The highest BCUT2D eigenvalue weighted by atomic mass is 79.9. The molecule has 1 aromatic carbocycles. The van der Waals surface area contributed by atoms with Crippen molar-refractivity contribution in [1.29, 1.82) is 0 Å². The first-order valence-corrected chi connectivity index (χ1v) is 10.2. The van der Waals surface area contributed by atoms with Gasteiger partial charge < -0.3 is 13.9 Å². The summed E-state index contributed by atoms with van der Waals surface area (Å²) in [6.07, 6.45) is 0. The normalized spacial score (nSPS) is 13.2. The number of halogens is 1. The number of thioether (sulfide) groups is 1. The van der Waals surface area contributed by atoms with Crippen molar-refractivity contribution >= 4 is 39.0 Å². The Kier molecular flexibility index (Phi) is 4.70. The Morgan fingerprint density at radius 2 is 1.92 bits per heavy atom. The van der Waals surface area contributed by atoms with Crippen molar-refractivity contribution in [3.05, 3.63) is 32.9 Å². The van der Waals surface area contributed by atoms with E-state index in [0.717, 1.165) is 37.1 Å². The molecule has 0 radical (unpaired) electrons. The van der Waals surface area contributed by atoms with Crippen molar-refractivity contribution in [2.45, 2.75) is 24.8 Å². The lowest BCUT2D eigenvalue weighted by atomic mass is 10.2. The van der Waals surface area contributed by atoms with Gasteiger partial charge in [0.2, 0.25) is 0 Å². The average Bonchev–Trinajstić information content (AvgIpc) is 3.18. The predicted octanol–water partition coefficient (Wildman–Crippen LogP) is 4.64. The second-order valence-electron chi connectivity index (χ2n) is 5.40. The SMILES string of the molecule is Cc1nc(C)c(-c2nnc(SCc3cc4c(cc3Br)OCCO4)o2)s1. The van der Waals surface area contributed by atoms with Crippen LogP contribution in [0.4, 0.5) is 0 Å². The van der Waals surface area contributed by atoms with E-state index < -0.39 is 0 Å². The zero-order valence-electron chi connectivity index (χ0n) is 13.5. The Morgan fingerprint density at radius 3 is 2.64 bits per heavy atom. The Labute approximate surface area is 161 Å². The molecular weight excluding hydrogens is 426 g/mol. The van der Waals surface area contributed by atoms with Crippen molar-refractivity contribution in [3.63, 3.8) is 0 Å². The zero-order valence-corrected chi connectivity index (χ0v) is 16.8. The van der Waals surface area contributed by atoms with Crippen LogP contribution in [0, 0.1) is 13.8 Å². The Bertz CT molecular complexity index is 925. The maximum absolute atomic E-state index is 5.78. The summed E-state index contributed by atoms with van der Waals surface area (Å²) >= 11 is 6.62. The van der Waals surface area contributed by atoms with Crippen LogP contribution in [0.2, 0.25) is 0 Å². The summed E-state index contributed by atoms with van der Waals surface area (Å²) in [6, 6.07) is 3.92. The van der Waals surface area contributed by atoms with Gasteiger partial charge in [0.1, 0.15) is 18.1 Å². The minimum atomic E-state index is 0.520. The molecule has 130 valence electrons. The maximum atomic E-state index is 5.78. The van der Waals surface area contributed by atoms with E-state index in [9.17, 15) is 0 Å². The van der Waals surface area contributed by atoms with Crippen LogP contribution in [0.25, 0.3) is 10.8 Å². The Hall–Kier alpha value is -1.58. The fourth-order valence-electron chi connectivity index (χ4n) is 2.45. The summed E-state index contributed by atoms with van der Waals surface area (Å²) in [4.78, 5) is 5.32. The molecule has 3 heterocycles. The molecule has 0 spiro atoms. The molecule has 1 aliphatic heterocycles. The Morgan fingerprint density at radius 1 is 1.16 bits per heavy atom. The predicted molar refractivity (Wildman–Crippen MR) is 99.6 cm³/mol. The van der Waals surface area contributed by atoms with E-state index in [2.05, 4.69) is 31.1 Å². The van der Waals surface area contributed by atoms with Crippen LogP contribution in [0.5, 0.6) is 11.5 Å². The highest BCUT2D eigenvalue weighted by Gasteiger charge is 2.17. The summed E-state index contributed by atoms with van der Waals surface area (Å²) in [5.74, 6) is 2.74. The lowest BCUT2D eigenvalue weighted by Crippen LogP contribution is -2.15. The smallest absolute Gasteiger partial charge is 0.277 e. The van der Waals surface area contributed by atoms with Gasteiger partial charge in [0.25, 0.3) is 11.1 Å². The van der Waals surface area contributed by atoms with Crippen molar-refractivity contribution in [2.75, 3.05) is 13.2 Å². The van der Waals surface area contributed by atoms with E-state index in [0.29, 0.717) is 30.1 Å². The molecule has 9 heteroatoms. The van der Waals surface area contributed by atoms with E-state index in [-0.39, 0.29) is 0 Å². The van der Waals surface area contributed by atoms with E-state index in [4.69, 9.17) is 13.9 Å². The molecule has 0 saturated heterocycles. The minimum Gasteiger partial charge on any atom is -0.486 e. The van der Waals surface area contributed by atoms with Gasteiger partial charge in [-0.25, -0.2) is 4.98 Å². The van der Waals surface area contributed by atoms with Gasteiger partial charge in [-0.15, -0.1) is 21.5 Å². The molecule has 4 rings (SSSR count). The van der Waals surface area contributed by atoms with Gasteiger partial charge in [-0.1, -0.05) is 27.7 Å². The second kappa shape index (κ2) is 6.97. The van der Waals surface area contributed by atoms with Gasteiger partial charge in [-0.05, 0) is 31.5 Å². The first-order valence-electron chi connectivity index (χ1n) is 7.59. The van der Waals surface area contributed by atoms with Crippen LogP contribution in [-0.4, -0.2) is 28.4 Å². The summed E-state index contributed by atoms with van der Waals surface area (Å²) in [5, 5.41) is 9.79. The van der Waals surface area contributed by atoms with E-state index in [1.165, 1.54) is 11.8 Å². The number of thiazole rings is 1. The van der Waals surface area contributed by atoms with Crippen LogP contribution in [-0.2, 0) is 5.75 Å².